The van der Waals surface area contributed by atoms with Crippen LogP contribution >= 0.6 is 22.9 Å². The molecule has 1 atom stereocenters. The molecule has 0 bridgehead atoms. The summed E-state index contributed by atoms with van der Waals surface area (Å²) in [5.41, 5.74) is 0. The van der Waals surface area contributed by atoms with Gasteiger partial charge < -0.3 is 9.47 Å². The second kappa shape index (κ2) is 8.52. The van der Waals surface area contributed by atoms with Gasteiger partial charge in [0, 0.05) is 0 Å². The first kappa shape index (κ1) is 20.6. The molecule has 0 spiro atoms. The van der Waals surface area contributed by atoms with E-state index in [-0.39, 0.29) is 17.5 Å². The minimum Gasteiger partial charge on any atom is -0.491 e. The normalized spacial score (nSPS) is 12.9. The van der Waals surface area contributed by atoms with Crippen molar-refractivity contribution in [2.75, 3.05) is 0 Å². The van der Waals surface area contributed by atoms with Crippen LogP contribution in [0.25, 0.3) is 10.7 Å². The van der Waals surface area contributed by atoms with Crippen LogP contribution in [0.3, 0.4) is 0 Å². The standard InChI is InChI=1S/C17H19N3O5S3/c1-4-14(28(21,22)23)16-19-15(20-27-16)13-9-18-17(26-13)25-12-7-5-11(6-8-12)24-10(2)3/h5-10,14H,4H2,1-3H3,(H,21,22,23). The molecule has 0 aliphatic rings. The summed E-state index contributed by atoms with van der Waals surface area (Å²) in [4.78, 5) is 9.09. The highest BCUT2D eigenvalue weighted by Crippen LogP contribution is 2.34. The van der Waals surface area contributed by atoms with Crippen molar-refractivity contribution in [2.45, 2.75) is 38.5 Å². The molecule has 3 aromatic rings. The number of hydrogen-bond acceptors (Lipinski definition) is 9. The summed E-state index contributed by atoms with van der Waals surface area (Å²) in [5.74, 6) is 1.72. The molecule has 0 saturated heterocycles. The van der Waals surface area contributed by atoms with Crippen LogP contribution in [0.2, 0.25) is 0 Å². The molecule has 0 amide bonds. The predicted octanol–water partition coefficient (Wildman–Crippen LogP) is 4.58. The summed E-state index contributed by atoms with van der Waals surface area (Å²) in [6, 6.07) is 7.21. The Bertz CT molecular complexity index is 1030. The van der Waals surface area contributed by atoms with Gasteiger partial charge in [0.25, 0.3) is 15.3 Å². The third kappa shape index (κ3) is 5.04. The highest BCUT2D eigenvalue weighted by Gasteiger charge is 2.27. The van der Waals surface area contributed by atoms with Gasteiger partial charge in [0.05, 0.1) is 17.2 Å². The lowest BCUT2D eigenvalue weighted by molar-refractivity contribution is 0.242. The van der Waals surface area contributed by atoms with Crippen LogP contribution in [0.4, 0.5) is 0 Å². The zero-order chi connectivity index (χ0) is 20.3. The fourth-order valence-corrected chi connectivity index (χ4v) is 5.08. The summed E-state index contributed by atoms with van der Waals surface area (Å²) in [6.45, 7) is 5.58. The van der Waals surface area contributed by atoms with E-state index >= 15 is 0 Å². The Morgan fingerprint density at radius 1 is 1.18 bits per heavy atom. The van der Waals surface area contributed by atoms with Gasteiger partial charge in [-0.2, -0.15) is 12.8 Å². The molecule has 3 rings (SSSR count). The topological polar surface area (TPSA) is 112 Å². The maximum absolute atomic E-state index is 11.5. The van der Waals surface area contributed by atoms with E-state index in [1.54, 1.807) is 25.3 Å². The third-order valence-corrected chi connectivity index (χ3v) is 6.68. The lowest BCUT2D eigenvalue weighted by Crippen LogP contribution is -2.10. The summed E-state index contributed by atoms with van der Waals surface area (Å²) in [5, 5.41) is -0.420. The van der Waals surface area contributed by atoms with Crippen LogP contribution in [0.5, 0.6) is 16.7 Å². The first-order valence-corrected chi connectivity index (χ1v) is 11.6. The molecule has 0 saturated carbocycles. The summed E-state index contributed by atoms with van der Waals surface area (Å²) < 4.78 is 47.7. The summed E-state index contributed by atoms with van der Waals surface area (Å²) in [7, 11) is -4.22. The number of thiazole rings is 1. The van der Waals surface area contributed by atoms with Gasteiger partial charge in [-0.05, 0) is 56.1 Å². The molecule has 1 unspecified atom stereocenters. The van der Waals surface area contributed by atoms with Crippen LogP contribution in [-0.4, -0.2) is 33.4 Å². The molecule has 0 aliphatic carbocycles. The zero-order valence-electron chi connectivity index (χ0n) is 15.4. The summed E-state index contributed by atoms with van der Waals surface area (Å²) in [6.07, 6.45) is 1.87. The smallest absolute Gasteiger partial charge is 0.279 e. The van der Waals surface area contributed by atoms with Gasteiger partial charge >= 0.3 is 0 Å². The molecule has 0 radical (unpaired) electrons. The maximum Gasteiger partial charge on any atom is 0.279 e. The lowest BCUT2D eigenvalue weighted by Gasteiger charge is -2.09. The van der Waals surface area contributed by atoms with Crippen molar-refractivity contribution < 1.29 is 22.4 Å². The van der Waals surface area contributed by atoms with Crippen LogP contribution in [0.15, 0.2) is 30.5 Å². The number of rotatable bonds is 8. The third-order valence-electron chi connectivity index (χ3n) is 3.55. The average molecular weight is 442 g/mol. The summed E-state index contributed by atoms with van der Waals surface area (Å²) >= 11 is 2.19. The zero-order valence-corrected chi connectivity index (χ0v) is 17.8. The first-order valence-electron chi connectivity index (χ1n) is 8.47. The molecule has 1 aromatic carbocycles. The molecule has 11 heteroatoms. The fourth-order valence-electron chi connectivity index (χ4n) is 2.35. The Labute approximate surface area is 171 Å². The van der Waals surface area contributed by atoms with Crippen molar-refractivity contribution in [3.05, 3.63) is 35.5 Å². The molecule has 8 nitrogen and oxygen atoms in total. The van der Waals surface area contributed by atoms with Gasteiger partial charge in [0.1, 0.15) is 21.8 Å². The van der Waals surface area contributed by atoms with Gasteiger partial charge in [-0.25, -0.2) is 9.97 Å². The van der Waals surface area contributed by atoms with Crippen LogP contribution < -0.4 is 9.47 Å². The van der Waals surface area contributed by atoms with Crippen molar-refractivity contribution in [3.63, 3.8) is 0 Å². The van der Waals surface area contributed by atoms with Gasteiger partial charge in [-0.3, -0.25) is 4.55 Å². The Morgan fingerprint density at radius 2 is 1.86 bits per heavy atom. The first-order chi connectivity index (χ1) is 13.3. The van der Waals surface area contributed by atoms with Crippen molar-refractivity contribution in [1.82, 2.24) is 14.3 Å². The molecule has 2 heterocycles. The van der Waals surface area contributed by atoms with Gasteiger partial charge in [0.15, 0.2) is 5.82 Å². The van der Waals surface area contributed by atoms with Crippen molar-refractivity contribution in [1.29, 1.82) is 0 Å². The van der Waals surface area contributed by atoms with E-state index in [4.69, 9.17) is 9.47 Å². The van der Waals surface area contributed by atoms with Crippen LogP contribution in [0.1, 0.15) is 37.4 Å². The van der Waals surface area contributed by atoms with Crippen LogP contribution in [0, 0.1) is 0 Å². The predicted molar refractivity (Wildman–Crippen MR) is 108 cm³/mol. The fraction of sp³-hybridized carbons (Fsp3) is 0.353. The van der Waals surface area contributed by atoms with E-state index in [1.165, 1.54) is 11.3 Å². The minimum absolute atomic E-state index is 0.0944. The quantitative estimate of drug-likeness (QED) is 0.506. The number of nitrogens with zero attached hydrogens (tertiary/aromatic N) is 3. The van der Waals surface area contributed by atoms with E-state index in [9.17, 15) is 13.0 Å². The van der Waals surface area contributed by atoms with Crippen molar-refractivity contribution in [2.24, 2.45) is 0 Å². The minimum atomic E-state index is -4.22. The van der Waals surface area contributed by atoms with Gasteiger partial charge in [-0.15, -0.1) is 0 Å². The molecular weight excluding hydrogens is 422 g/mol. The molecule has 1 N–H and O–H groups in total. The molecular formula is C17H19N3O5S3. The van der Waals surface area contributed by atoms with E-state index in [0.29, 0.717) is 21.6 Å². The van der Waals surface area contributed by atoms with Crippen LogP contribution in [-0.2, 0) is 10.1 Å². The highest BCUT2D eigenvalue weighted by atomic mass is 32.2. The Hall–Kier alpha value is -2.08. The monoisotopic (exact) mass is 441 g/mol. The largest absolute Gasteiger partial charge is 0.491 e. The van der Waals surface area contributed by atoms with E-state index in [1.807, 2.05) is 26.0 Å². The number of ether oxygens (including phenoxy) is 2. The number of aromatic nitrogens is 3. The average Bonchev–Trinajstić information content (AvgIpc) is 3.25. The molecule has 0 aliphatic heterocycles. The van der Waals surface area contributed by atoms with Gasteiger partial charge in [-0.1, -0.05) is 18.3 Å². The van der Waals surface area contributed by atoms with Crippen molar-refractivity contribution >= 4 is 33.0 Å². The Kier molecular flexibility index (Phi) is 6.28. The van der Waals surface area contributed by atoms with Gasteiger partial charge in [0.2, 0.25) is 0 Å². The van der Waals surface area contributed by atoms with E-state index < -0.39 is 15.4 Å². The lowest BCUT2D eigenvalue weighted by atomic mass is 10.3. The molecule has 2 aromatic heterocycles. The molecule has 150 valence electrons. The second-order valence-electron chi connectivity index (χ2n) is 6.10. The number of hydrogen-bond donors (Lipinski definition) is 1. The molecule has 28 heavy (non-hydrogen) atoms. The maximum atomic E-state index is 11.5. The van der Waals surface area contributed by atoms with Crippen molar-refractivity contribution in [3.8, 4) is 27.4 Å². The van der Waals surface area contributed by atoms with E-state index in [2.05, 4.69) is 14.3 Å². The Balaban J connectivity index is 1.72. The SMILES string of the molecule is CCC(c1nc(-c2cnc(Oc3ccc(OC(C)C)cc3)s2)ns1)S(=O)(=O)O. The molecule has 0 fully saturated rings. The second-order valence-corrected chi connectivity index (χ2v) is 9.47. The number of benzene rings is 1. The highest BCUT2D eigenvalue weighted by molar-refractivity contribution is 7.86. The Morgan fingerprint density at radius 3 is 2.46 bits per heavy atom. The van der Waals surface area contributed by atoms with E-state index in [0.717, 1.165) is 17.3 Å².